The Balaban J connectivity index is 2.47. The van der Waals surface area contributed by atoms with Gasteiger partial charge in [-0.25, -0.2) is 0 Å². The largest absolute Gasteiger partial charge is 0.511 e. The number of allylic oxidation sites excluding steroid dienone is 4. The minimum atomic E-state index is -0.222. The van der Waals surface area contributed by atoms with Crippen LogP contribution in [0.2, 0.25) is 0 Å². The Labute approximate surface area is 108 Å². The Morgan fingerprint density at radius 2 is 1.78 bits per heavy atom. The average Bonchev–Trinajstić information content (AvgIpc) is 2.29. The number of phenolic OH excluding ortho intramolecular Hbond substituents is 1. The van der Waals surface area contributed by atoms with E-state index >= 15 is 0 Å². The first-order chi connectivity index (χ1) is 8.31. The molecule has 1 aliphatic rings. The summed E-state index contributed by atoms with van der Waals surface area (Å²) in [6.07, 6.45) is 2.84. The topological polar surface area (TPSA) is 40.5 Å². The van der Waals surface area contributed by atoms with Crippen molar-refractivity contribution in [2.45, 2.75) is 34.1 Å². The third-order valence-corrected chi connectivity index (χ3v) is 3.61. The molecule has 1 aliphatic carbocycles. The second-order valence-electron chi connectivity index (χ2n) is 5.76. The summed E-state index contributed by atoms with van der Waals surface area (Å²) < 4.78 is 0. The van der Waals surface area contributed by atoms with Gasteiger partial charge in [-0.2, -0.15) is 0 Å². The fourth-order valence-electron chi connectivity index (χ4n) is 2.51. The van der Waals surface area contributed by atoms with Gasteiger partial charge in [0.25, 0.3) is 0 Å². The van der Waals surface area contributed by atoms with Crippen LogP contribution in [0.25, 0.3) is 5.57 Å². The SMILES string of the molecule is CC1=C(O)C(C)(C)CC(c2ccc(O)c(C)c2)=C1. The summed E-state index contributed by atoms with van der Waals surface area (Å²) in [7, 11) is 0. The quantitative estimate of drug-likeness (QED) is 0.771. The van der Waals surface area contributed by atoms with Crippen LogP contribution in [0, 0.1) is 12.3 Å². The standard InChI is InChI=1S/C16H20O2/c1-10-7-12(5-6-14(10)17)13-8-11(2)15(18)16(3,4)9-13/h5-8,17-18H,9H2,1-4H3. The Kier molecular flexibility index (Phi) is 2.97. The maximum Gasteiger partial charge on any atom is 0.118 e. The summed E-state index contributed by atoms with van der Waals surface area (Å²) in [6.45, 7) is 7.93. The number of phenols is 1. The predicted octanol–water partition coefficient (Wildman–Crippen LogP) is 4.35. The van der Waals surface area contributed by atoms with Crippen molar-refractivity contribution in [3.8, 4) is 5.75 Å². The van der Waals surface area contributed by atoms with Gasteiger partial charge in [0.05, 0.1) is 0 Å². The molecule has 0 aliphatic heterocycles. The zero-order chi connectivity index (χ0) is 13.5. The number of benzene rings is 1. The second kappa shape index (κ2) is 4.20. The fraction of sp³-hybridized carbons (Fsp3) is 0.375. The summed E-state index contributed by atoms with van der Waals surface area (Å²) >= 11 is 0. The maximum atomic E-state index is 10.1. The molecule has 0 radical (unpaired) electrons. The first-order valence-electron chi connectivity index (χ1n) is 6.22. The normalized spacial score (nSPS) is 18.8. The summed E-state index contributed by atoms with van der Waals surface area (Å²) in [4.78, 5) is 0. The van der Waals surface area contributed by atoms with Crippen molar-refractivity contribution in [2.75, 3.05) is 0 Å². The van der Waals surface area contributed by atoms with Gasteiger partial charge in [0.15, 0.2) is 0 Å². The van der Waals surface area contributed by atoms with Crippen LogP contribution in [0.1, 0.15) is 38.3 Å². The van der Waals surface area contributed by atoms with Crippen LogP contribution in [0.3, 0.4) is 0 Å². The lowest BCUT2D eigenvalue weighted by Gasteiger charge is -2.30. The van der Waals surface area contributed by atoms with E-state index in [1.807, 2.05) is 45.9 Å². The van der Waals surface area contributed by atoms with Crippen molar-refractivity contribution in [2.24, 2.45) is 5.41 Å². The van der Waals surface area contributed by atoms with E-state index in [9.17, 15) is 10.2 Å². The van der Waals surface area contributed by atoms with Crippen molar-refractivity contribution in [3.05, 3.63) is 46.7 Å². The van der Waals surface area contributed by atoms with Crippen LogP contribution in [0.5, 0.6) is 5.75 Å². The molecule has 96 valence electrons. The van der Waals surface area contributed by atoms with Crippen LogP contribution in [0.4, 0.5) is 0 Å². The maximum absolute atomic E-state index is 10.1. The van der Waals surface area contributed by atoms with Gasteiger partial charge >= 0.3 is 0 Å². The predicted molar refractivity (Wildman–Crippen MR) is 74.5 cm³/mol. The molecule has 1 aromatic rings. The highest BCUT2D eigenvalue weighted by Crippen LogP contribution is 2.42. The molecular formula is C16H20O2. The molecule has 0 atom stereocenters. The van der Waals surface area contributed by atoms with Crippen molar-refractivity contribution in [1.29, 1.82) is 0 Å². The summed E-state index contributed by atoms with van der Waals surface area (Å²) in [6, 6.07) is 5.65. The van der Waals surface area contributed by atoms with E-state index < -0.39 is 0 Å². The zero-order valence-corrected chi connectivity index (χ0v) is 11.4. The molecule has 0 spiro atoms. The Bertz CT molecular complexity index is 548. The first-order valence-corrected chi connectivity index (χ1v) is 6.22. The van der Waals surface area contributed by atoms with Gasteiger partial charge in [-0.15, -0.1) is 0 Å². The third kappa shape index (κ3) is 2.15. The molecule has 1 aromatic carbocycles. The number of aliphatic hydroxyl groups excluding tert-OH is 1. The molecule has 0 unspecified atom stereocenters. The molecule has 2 N–H and O–H groups in total. The lowest BCUT2D eigenvalue weighted by molar-refractivity contribution is 0.255. The summed E-state index contributed by atoms with van der Waals surface area (Å²) in [5, 5.41) is 19.6. The van der Waals surface area contributed by atoms with Crippen LogP contribution < -0.4 is 0 Å². The smallest absolute Gasteiger partial charge is 0.118 e. The van der Waals surface area contributed by atoms with Crippen LogP contribution >= 0.6 is 0 Å². The van der Waals surface area contributed by atoms with Crippen molar-refractivity contribution < 1.29 is 10.2 Å². The minimum Gasteiger partial charge on any atom is -0.511 e. The van der Waals surface area contributed by atoms with Crippen LogP contribution in [0.15, 0.2) is 35.6 Å². The van der Waals surface area contributed by atoms with Gasteiger partial charge in [-0.05, 0) is 54.7 Å². The Morgan fingerprint density at radius 1 is 1.11 bits per heavy atom. The van der Waals surface area contributed by atoms with E-state index in [0.717, 1.165) is 23.1 Å². The number of aryl methyl sites for hydroxylation is 1. The lowest BCUT2D eigenvalue weighted by Crippen LogP contribution is -2.19. The highest BCUT2D eigenvalue weighted by atomic mass is 16.3. The second-order valence-corrected chi connectivity index (χ2v) is 5.76. The van der Waals surface area contributed by atoms with E-state index in [2.05, 4.69) is 0 Å². The lowest BCUT2D eigenvalue weighted by atomic mass is 9.76. The Hall–Kier alpha value is -1.70. The third-order valence-electron chi connectivity index (χ3n) is 3.61. The molecule has 0 fully saturated rings. The van der Waals surface area contributed by atoms with Gasteiger partial charge in [0.1, 0.15) is 11.5 Å². The molecular weight excluding hydrogens is 224 g/mol. The molecule has 0 heterocycles. The molecule has 0 saturated carbocycles. The van der Waals surface area contributed by atoms with Gasteiger partial charge < -0.3 is 10.2 Å². The van der Waals surface area contributed by atoms with E-state index in [0.29, 0.717) is 11.5 Å². The van der Waals surface area contributed by atoms with Gasteiger partial charge in [-0.1, -0.05) is 26.0 Å². The van der Waals surface area contributed by atoms with Crippen molar-refractivity contribution in [3.63, 3.8) is 0 Å². The van der Waals surface area contributed by atoms with Gasteiger partial charge in [-0.3, -0.25) is 0 Å². The van der Waals surface area contributed by atoms with E-state index in [1.165, 1.54) is 5.57 Å². The zero-order valence-electron chi connectivity index (χ0n) is 11.4. The first kappa shape index (κ1) is 12.7. The fourth-order valence-corrected chi connectivity index (χ4v) is 2.51. The molecule has 2 heteroatoms. The number of hydrogen-bond donors (Lipinski definition) is 2. The highest BCUT2D eigenvalue weighted by molar-refractivity contribution is 5.72. The molecule has 2 nitrogen and oxygen atoms in total. The molecule has 18 heavy (non-hydrogen) atoms. The van der Waals surface area contributed by atoms with E-state index in [1.54, 1.807) is 6.07 Å². The minimum absolute atomic E-state index is 0.222. The van der Waals surface area contributed by atoms with E-state index in [-0.39, 0.29) is 5.41 Å². The molecule has 0 saturated heterocycles. The average molecular weight is 244 g/mol. The number of rotatable bonds is 1. The van der Waals surface area contributed by atoms with Gasteiger partial charge in [0.2, 0.25) is 0 Å². The van der Waals surface area contributed by atoms with Crippen molar-refractivity contribution in [1.82, 2.24) is 0 Å². The van der Waals surface area contributed by atoms with E-state index in [4.69, 9.17) is 0 Å². The van der Waals surface area contributed by atoms with Crippen molar-refractivity contribution >= 4 is 5.57 Å². The molecule has 0 bridgehead atoms. The van der Waals surface area contributed by atoms with Crippen LogP contribution in [-0.4, -0.2) is 10.2 Å². The summed E-state index contributed by atoms with van der Waals surface area (Å²) in [5.74, 6) is 0.797. The molecule has 0 amide bonds. The molecule has 0 aromatic heterocycles. The number of hydrogen-bond acceptors (Lipinski definition) is 2. The molecule has 2 rings (SSSR count). The Morgan fingerprint density at radius 3 is 2.33 bits per heavy atom. The van der Waals surface area contributed by atoms with Crippen LogP contribution in [-0.2, 0) is 0 Å². The highest BCUT2D eigenvalue weighted by Gasteiger charge is 2.29. The number of aliphatic hydroxyl groups is 1. The van der Waals surface area contributed by atoms with Gasteiger partial charge in [0, 0.05) is 5.41 Å². The number of aromatic hydroxyl groups is 1. The summed E-state index contributed by atoms with van der Waals surface area (Å²) in [5.41, 5.74) is 3.90. The monoisotopic (exact) mass is 244 g/mol.